The van der Waals surface area contributed by atoms with Crippen molar-refractivity contribution >= 4 is 53.6 Å². The third kappa shape index (κ3) is 7.64. The molecule has 0 aliphatic heterocycles. The van der Waals surface area contributed by atoms with E-state index in [2.05, 4.69) is 119 Å². The SMILES string of the molecule is CCCCCCCCC1(CCCCCCCC)c2cc(C)ccc2-c2ccc(-c3cc(-c4cc5sc(C)cc5s4)cc(-c4nc5ccccc5s4)c3)cc21. The highest BCUT2D eigenvalue weighted by Crippen LogP contribution is 2.55. The number of unbranched alkanes of at least 4 members (excludes halogenated alkanes) is 10. The molecule has 8 rings (SSSR count). The Bertz CT molecular complexity index is 2290. The van der Waals surface area contributed by atoms with Crippen molar-refractivity contribution in [3.8, 4) is 43.3 Å². The molecule has 4 aromatic carbocycles. The second-order valence-corrected chi connectivity index (χ2v) is 19.3. The minimum Gasteiger partial charge on any atom is -0.236 e. The van der Waals surface area contributed by atoms with E-state index in [1.807, 2.05) is 22.7 Å². The van der Waals surface area contributed by atoms with Crippen LogP contribution in [0.1, 0.15) is 125 Å². The van der Waals surface area contributed by atoms with Gasteiger partial charge in [-0.15, -0.1) is 34.0 Å². The van der Waals surface area contributed by atoms with Crippen molar-refractivity contribution in [2.24, 2.45) is 0 Å². The zero-order valence-corrected chi connectivity index (χ0v) is 35.2. The lowest BCUT2D eigenvalue weighted by molar-refractivity contribution is 0.398. The largest absolute Gasteiger partial charge is 0.236 e. The fourth-order valence-corrected chi connectivity index (χ4v) is 12.3. The lowest BCUT2D eigenvalue weighted by atomic mass is 9.70. The molecule has 0 unspecified atom stereocenters. The number of aryl methyl sites for hydroxylation is 2. The van der Waals surface area contributed by atoms with Crippen LogP contribution in [0.3, 0.4) is 0 Å². The van der Waals surface area contributed by atoms with Crippen LogP contribution in [0.2, 0.25) is 0 Å². The second kappa shape index (κ2) is 16.7. The van der Waals surface area contributed by atoms with E-state index in [1.165, 1.54) is 153 Å². The molecule has 0 saturated carbocycles. The molecule has 1 aliphatic carbocycles. The van der Waals surface area contributed by atoms with Gasteiger partial charge < -0.3 is 0 Å². The summed E-state index contributed by atoms with van der Waals surface area (Å²) in [7, 11) is 0. The molecule has 0 bridgehead atoms. The molecule has 0 saturated heterocycles. The summed E-state index contributed by atoms with van der Waals surface area (Å²) in [5.41, 5.74) is 13.7. The topological polar surface area (TPSA) is 12.9 Å². The Morgan fingerprint density at radius 2 is 1.13 bits per heavy atom. The maximum Gasteiger partial charge on any atom is 0.124 e. The predicted octanol–water partition coefficient (Wildman–Crippen LogP) is 17.0. The highest BCUT2D eigenvalue weighted by molar-refractivity contribution is 7.29. The van der Waals surface area contributed by atoms with Crippen LogP contribution in [0.25, 0.3) is 62.9 Å². The number of nitrogens with zero attached hydrogens (tertiary/aromatic N) is 1. The molecule has 0 N–H and O–H groups in total. The van der Waals surface area contributed by atoms with Crippen molar-refractivity contribution in [2.75, 3.05) is 0 Å². The first-order valence-corrected chi connectivity index (χ1v) is 23.2. The Morgan fingerprint density at radius 3 is 1.85 bits per heavy atom. The third-order valence-corrected chi connectivity index (χ3v) is 15.2. The van der Waals surface area contributed by atoms with Crippen LogP contribution >= 0.6 is 34.0 Å². The van der Waals surface area contributed by atoms with Crippen LogP contribution in [0, 0.1) is 13.8 Å². The molecule has 0 amide bonds. The molecule has 0 radical (unpaired) electrons. The van der Waals surface area contributed by atoms with Crippen LogP contribution in [0.5, 0.6) is 0 Å². The van der Waals surface area contributed by atoms with Crippen LogP contribution in [0.15, 0.2) is 91.0 Å². The van der Waals surface area contributed by atoms with Crippen molar-refractivity contribution in [3.63, 3.8) is 0 Å². The Hall–Kier alpha value is -3.57. The molecule has 1 aliphatic rings. The monoisotopic (exact) mass is 765 g/mol. The molecule has 278 valence electrons. The first kappa shape index (κ1) is 37.4. The Labute approximate surface area is 335 Å². The van der Waals surface area contributed by atoms with Crippen LogP contribution in [-0.4, -0.2) is 4.98 Å². The van der Waals surface area contributed by atoms with Gasteiger partial charge in [-0.2, -0.15) is 0 Å². The van der Waals surface area contributed by atoms with Gasteiger partial charge in [0.1, 0.15) is 5.01 Å². The lowest BCUT2D eigenvalue weighted by Crippen LogP contribution is -2.25. The number of hydrogen-bond acceptors (Lipinski definition) is 4. The third-order valence-electron chi connectivity index (χ3n) is 11.9. The van der Waals surface area contributed by atoms with E-state index in [9.17, 15) is 0 Å². The molecule has 0 fully saturated rings. The van der Waals surface area contributed by atoms with E-state index in [0.717, 1.165) is 10.5 Å². The molecular formula is C50H55NS3. The van der Waals surface area contributed by atoms with Crippen molar-refractivity contribution in [1.82, 2.24) is 4.98 Å². The number of rotatable bonds is 17. The second-order valence-electron chi connectivity index (χ2n) is 15.9. The zero-order valence-electron chi connectivity index (χ0n) is 32.7. The highest BCUT2D eigenvalue weighted by atomic mass is 32.1. The van der Waals surface area contributed by atoms with Gasteiger partial charge in [0.05, 0.1) is 10.2 Å². The highest BCUT2D eigenvalue weighted by Gasteiger charge is 2.42. The van der Waals surface area contributed by atoms with Crippen molar-refractivity contribution < 1.29 is 0 Å². The summed E-state index contributed by atoms with van der Waals surface area (Å²) in [6.45, 7) is 9.15. The summed E-state index contributed by atoms with van der Waals surface area (Å²) in [6, 6.07) is 35.4. The Kier molecular flexibility index (Phi) is 11.5. The number of thiazole rings is 1. The minimum absolute atomic E-state index is 0.0612. The van der Waals surface area contributed by atoms with E-state index in [0.29, 0.717) is 0 Å². The quantitative estimate of drug-likeness (QED) is 0.0842. The molecule has 1 nitrogen and oxygen atoms in total. The van der Waals surface area contributed by atoms with E-state index >= 15 is 0 Å². The van der Waals surface area contributed by atoms with E-state index in [4.69, 9.17) is 4.98 Å². The fraction of sp³-hybridized carbons (Fsp3) is 0.380. The number of hydrogen-bond donors (Lipinski definition) is 0. The summed E-state index contributed by atoms with van der Waals surface area (Å²) in [6.07, 6.45) is 18.5. The van der Waals surface area contributed by atoms with Gasteiger partial charge in [0.25, 0.3) is 0 Å². The maximum atomic E-state index is 5.16. The molecule has 0 atom stereocenters. The molecule has 4 heteroatoms. The Morgan fingerprint density at radius 1 is 0.500 bits per heavy atom. The normalized spacial score (nSPS) is 13.3. The van der Waals surface area contributed by atoms with Gasteiger partial charge in [-0.1, -0.05) is 139 Å². The first-order chi connectivity index (χ1) is 26.5. The van der Waals surface area contributed by atoms with Crippen molar-refractivity contribution in [3.05, 3.63) is 113 Å². The number of thiophene rings is 2. The summed E-state index contributed by atoms with van der Waals surface area (Å²) < 4.78 is 4.02. The predicted molar refractivity (Wildman–Crippen MR) is 241 cm³/mol. The molecule has 3 heterocycles. The Balaban J connectivity index is 1.23. The average Bonchev–Trinajstić information content (AvgIpc) is 3.94. The maximum absolute atomic E-state index is 5.16. The van der Waals surface area contributed by atoms with E-state index in [1.54, 1.807) is 22.5 Å². The van der Waals surface area contributed by atoms with Crippen LogP contribution in [0.4, 0.5) is 0 Å². The molecular weight excluding hydrogens is 711 g/mol. The van der Waals surface area contributed by atoms with Gasteiger partial charge >= 0.3 is 0 Å². The lowest BCUT2D eigenvalue weighted by Gasteiger charge is -2.33. The summed E-state index contributed by atoms with van der Waals surface area (Å²) in [5, 5.41) is 1.10. The molecule has 7 aromatic rings. The summed E-state index contributed by atoms with van der Waals surface area (Å²) in [5.74, 6) is 0. The van der Waals surface area contributed by atoms with Gasteiger partial charge in [-0.25, -0.2) is 4.98 Å². The summed E-state index contributed by atoms with van der Waals surface area (Å²) in [4.78, 5) is 7.88. The van der Waals surface area contributed by atoms with Gasteiger partial charge in [0.15, 0.2) is 0 Å². The van der Waals surface area contributed by atoms with Gasteiger partial charge in [0.2, 0.25) is 0 Å². The van der Waals surface area contributed by atoms with Crippen molar-refractivity contribution in [1.29, 1.82) is 0 Å². The van der Waals surface area contributed by atoms with E-state index < -0.39 is 0 Å². The van der Waals surface area contributed by atoms with Crippen LogP contribution < -0.4 is 0 Å². The van der Waals surface area contributed by atoms with Gasteiger partial charge in [-0.3, -0.25) is 0 Å². The minimum atomic E-state index is 0.0612. The smallest absolute Gasteiger partial charge is 0.124 e. The van der Waals surface area contributed by atoms with Gasteiger partial charge in [-0.05, 0) is 114 Å². The number of para-hydroxylation sites is 1. The standard InChI is InChI=1S/C50H55NS3/c1-5-7-9-11-13-17-25-50(26-18-14-12-10-8-6-2)42-27-34(3)21-23-40(42)41-24-22-36(32-43(41)50)37-29-38(46-33-48-47(53-46)28-35(4)52-48)31-39(30-37)49-51-44-19-15-16-20-45(44)54-49/h15-16,19-24,27-33H,5-14,17-18,25-26H2,1-4H3. The number of fused-ring (bicyclic) bond motifs is 5. The van der Waals surface area contributed by atoms with Crippen LogP contribution in [-0.2, 0) is 5.41 Å². The molecule has 3 aromatic heterocycles. The van der Waals surface area contributed by atoms with E-state index in [-0.39, 0.29) is 5.41 Å². The number of aromatic nitrogens is 1. The van der Waals surface area contributed by atoms with Gasteiger partial charge in [0, 0.05) is 30.1 Å². The number of benzene rings is 4. The first-order valence-electron chi connectivity index (χ1n) is 20.7. The fourth-order valence-electron chi connectivity index (χ4n) is 9.02. The van der Waals surface area contributed by atoms with Crippen molar-refractivity contribution in [2.45, 2.75) is 123 Å². The summed E-state index contributed by atoms with van der Waals surface area (Å²) >= 11 is 5.63. The average molecular weight is 766 g/mol. The molecule has 0 spiro atoms. The molecule has 54 heavy (non-hydrogen) atoms. The zero-order chi connectivity index (χ0) is 37.1.